The molecule has 0 N–H and O–H groups in total. The normalized spacial score (nSPS) is 21.1. The number of hydrogen-bond donors (Lipinski definition) is 0. The molecule has 2 heteroatoms. The summed E-state index contributed by atoms with van der Waals surface area (Å²) in [5.41, 5.74) is 22.8. The zero-order valence-corrected chi connectivity index (χ0v) is 41.3. The molecule has 4 fully saturated rings. The second-order valence-corrected chi connectivity index (χ2v) is 22.6. The van der Waals surface area contributed by atoms with E-state index in [1.165, 1.54) is 139 Å². The molecule has 0 saturated heterocycles. The van der Waals surface area contributed by atoms with Crippen LogP contribution in [-0.2, 0) is 36.5 Å². The Morgan fingerprint density at radius 2 is 0.986 bits per heavy atom. The third-order valence-corrected chi connectivity index (χ3v) is 18.0. The average Bonchev–Trinajstić information content (AvgIpc) is 3.63. The average molecular weight is 919 g/mol. The van der Waals surface area contributed by atoms with Gasteiger partial charge in [0.25, 0.3) is 0 Å². The van der Waals surface area contributed by atoms with E-state index in [0.717, 1.165) is 43.4 Å². The first-order valence-electron chi connectivity index (χ1n) is 26.7. The Morgan fingerprint density at radius 1 is 0.408 bits per heavy atom. The Balaban J connectivity index is 0.856. The molecule has 18 rings (SSSR count). The quantitative estimate of drug-likeness (QED) is 0.150. The molecule has 0 amide bonds. The fourth-order valence-electron chi connectivity index (χ4n) is 14.9. The predicted molar refractivity (Wildman–Crippen MR) is 297 cm³/mol. The molecular weight excluding hydrogens is 857 g/mol. The lowest BCUT2D eigenvalue weighted by Gasteiger charge is -2.57. The van der Waals surface area contributed by atoms with E-state index in [2.05, 4.69) is 224 Å². The van der Waals surface area contributed by atoms with E-state index in [0.29, 0.717) is 5.41 Å². The molecule has 8 bridgehead atoms. The summed E-state index contributed by atoms with van der Waals surface area (Å²) in [4.78, 5) is 5.15. The lowest BCUT2D eigenvalue weighted by molar-refractivity contribution is -0.00518. The second kappa shape index (κ2) is 16.7. The summed E-state index contributed by atoms with van der Waals surface area (Å²) in [7, 11) is 0. The van der Waals surface area contributed by atoms with Crippen molar-refractivity contribution in [2.75, 3.05) is 9.80 Å². The molecular formula is C69H62N2. The van der Waals surface area contributed by atoms with Crippen molar-refractivity contribution < 1.29 is 0 Å². The van der Waals surface area contributed by atoms with Gasteiger partial charge in [-0.1, -0.05) is 159 Å². The third-order valence-electron chi connectivity index (χ3n) is 18.0. The zero-order valence-electron chi connectivity index (χ0n) is 41.3. The molecule has 0 heterocycles. The highest BCUT2D eigenvalue weighted by molar-refractivity contribution is 6.00. The lowest BCUT2D eigenvalue weighted by Crippen LogP contribution is -2.48. The highest BCUT2D eigenvalue weighted by Crippen LogP contribution is 2.61. The van der Waals surface area contributed by atoms with Gasteiger partial charge in [0.1, 0.15) is 0 Å². The molecule has 0 spiro atoms. The summed E-state index contributed by atoms with van der Waals surface area (Å²) in [6.45, 7) is 4.83. The standard InChI is InChI=1S/C69H62N2/c1-68(2)62-21-12-20-60(52-13-5-3-6-14-52)67(62)61-36-35-58(42-63(61)68)71(64-22-11-16-51-15-9-10-19-59(51)64)66-41-47-24-28-53-27-23-46(25-29-54(66)30-26-47)40-65(53)70(56-17-7-4-8-18-56)57-33-31-55(32-34-57)69-43-48-37-49(44-69)39-50(38-48)45-69/h3-23,26-27,30-36,40-42,48-50H,24-25,28-29,37-39,43-45H2,1-2H3. The number of fused-ring (bicyclic) bond motifs is 4. The van der Waals surface area contributed by atoms with Crippen LogP contribution in [0.15, 0.2) is 200 Å². The predicted octanol–water partition coefficient (Wildman–Crippen LogP) is 18.1. The highest BCUT2D eigenvalue weighted by Gasteiger charge is 2.51. The fourth-order valence-corrected chi connectivity index (χ4v) is 14.9. The number of para-hydroxylation sites is 1. The Labute approximate surface area is 420 Å². The number of benzene rings is 9. The molecule has 0 radical (unpaired) electrons. The monoisotopic (exact) mass is 918 g/mol. The Hall–Kier alpha value is -7.16. The SMILES string of the molecule is CC1(C)c2cc(N(c3cc4ccc3CCc3ccc(c(N(c5ccccc5)c5ccc(C67CC8CC(CC(C8)C6)C7)cc5)c3)CC4)c3cccc4ccccc34)ccc2-c2c(-c3ccccc3)cccc21. The minimum Gasteiger partial charge on any atom is -0.310 e. The number of aryl methyl sites for hydroxylation is 4. The molecule has 348 valence electrons. The van der Waals surface area contributed by atoms with Crippen molar-refractivity contribution in [2.45, 2.75) is 88.9 Å². The first-order valence-corrected chi connectivity index (χ1v) is 26.7. The van der Waals surface area contributed by atoms with Gasteiger partial charge in [0.15, 0.2) is 0 Å². The van der Waals surface area contributed by atoms with E-state index in [1.54, 1.807) is 5.56 Å². The van der Waals surface area contributed by atoms with Crippen LogP contribution in [0.5, 0.6) is 0 Å². The van der Waals surface area contributed by atoms with Crippen LogP contribution in [0.4, 0.5) is 34.1 Å². The first kappa shape index (κ1) is 42.7. The summed E-state index contributed by atoms with van der Waals surface area (Å²) < 4.78 is 0. The maximum atomic E-state index is 2.60. The van der Waals surface area contributed by atoms with Gasteiger partial charge >= 0.3 is 0 Å². The van der Waals surface area contributed by atoms with Gasteiger partial charge in [-0.2, -0.15) is 0 Å². The zero-order chi connectivity index (χ0) is 47.3. The molecule has 0 aliphatic heterocycles. The van der Waals surface area contributed by atoms with Crippen molar-refractivity contribution in [2.24, 2.45) is 17.8 Å². The van der Waals surface area contributed by atoms with E-state index in [4.69, 9.17) is 0 Å². The van der Waals surface area contributed by atoms with Crippen LogP contribution >= 0.6 is 0 Å². The van der Waals surface area contributed by atoms with Crippen molar-refractivity contribution in [1.82, 2.24) is 0 Å². The molecule has 9 aromatic carbocycles. The van der Waals surface area contributed by atoms with Gasteiger partial charge < -0.3 is 9.80 Å². The van der Waals surface area contributed by atoms with Gasteiger partial charge in [0.2, 0.25) is 0 Å². The molecule has 0 aromatic heterocycles. The van der Waals surface area contributed by atoms with Gasteiger partial charge in [-0.25, -0.2) is 0 Å². The molecule has 9 aromatic rings. The van der Waals surface area contributed by atoms with Gasteiger partial charge in [0.05, 0.1) is 5.69 Å². The Morgan fingerprint density at radius 3 is 1.68 bits per heavy atom. The first-order chi connectivity index (χ1) is 34.8. The third kappa shape index (κ3) is 7.19. The molecule has 0 atom stereocenters. The maximum absolute atomic E-state index is 2.60. The van der Waals surface area contributed by atoms with E-state index in [1.807, 2.05) is 0 Å². The molecule has 2 nitrogen and oxygen atoms in total. The molecule has 4 saturated carbocycles. The number of anilines is 6. The van der Waals surface area contributed by atoms with Crippen LogP contribution < -0.4 is 9.80 Å². The van der Waals surface area contributed by atoms with Crippen LogP contribution in [0, 0.1) is 17.8 Å². The van der Waals surface area contributed by atoms with Crippen LogP contribution in [0.1, 0.15) is 91.3 Å². The van der Waals surface area contributed by atoms with E-state index >= 15 is 0 Å². The molecule has 0 unspecified atom stereocenters. The van der Waals surface area contributed by atoms with Crippen molar-refractivity contribution in [3.8, 4) is 22.3 Å². The van der Waals surface area contributed by atoms with Crippen LogP contribution in [-0.4, -0.2) is 0 Å². The smallest absolute Gasteiger partial charge is 0.0540 e. The Bertz CT molecular complexity index is 3450. The summed E-state index contributed by atoms with van der Waals surface area (Å²) in [6.07, 6.45) is 12.3. The largest absolute Gasteiger partial charge is 0.310 e. The summed E-state index contributed by atoms with van der Waals surface area (Å²) in [6, 6.07) is 76.7. The van der Waals surface area contributed by atoms with Crippen LogP contribution in [0.3, 0.4) is 0 Å². The van der Waals surface area contributed by atoms with Crippen molar-refractivity contribution >= 4 is 44.9 Å². The van der Waals surface area contributed by atoms with Crippen molar-refractivity contribution in [3.05, 3.63) is 239 Å². The van der Waals surface area contributed by atoms with E-state index in [9.17, 15) is 0 Å². The topological polar surface area (TPSA) is 6.48 Å². The van der Waals surface area contributed by atoms with E-state index < -0.39 is 0 Å². The highest BCUT2D eigenvalue weighted by atomic mass is 15.2. The van der Waals surface area contributed by atoms with Crippen LogP contribution in [0.2, 0.25) is 0 Å². The number of rotatable bonds is 8. The molecule has 9 aliphatic carbocycles. The minimum absolute atomic E-state index is 0.175. The van der Waals surface area contributed by atoms with Gasteiger partial charge in [-0.15, -0.1) is 0 Å². The number of nitrogens with zero attached hydrogens (tertiary/aromatic N) is 2. The Kier molecular flexibility index (Phi) is 10.1. The van der Waals surface area contributed by atoms with Gasteiger partial charge in [-0.05, 0) is 209 Å². The van der Waals surface area contributed by atoms with Gasteiger partial charge in [-0.3, -0.25) is 0 Å². The summed E-state index contributed by atoms with van der Waals surface area (Å²) in [5.74, 6) is 2.81. The van der Waals surface area contributed by atoms with Crippen molar-refractivity contribution in [3.63, 3.8) is 0 Å². The summed E-state index contributed by atoms with van der Waals surface area (Å²) in [5, 5.41) is 2.51. The summed E-state index contributed by atoms with van der Waals surface area (Å²) >= 11 is 0. The second-order valence-electron chi connectivity index (χ2n) is 22.6. The van der Waals surface area contributed by atoms with Gasteiger partial charge in [0, 0.05) is 39.2 Å². The maximum Gasteiger partial charge on any atom is 0.0540 e. The minimum atomic E-state index is -0.175. The van der Waals surface area contributed by atoms with Crippen LogP contribution in [0.25, 0.3) is 33.0 Å². The molecule has 9 aliphatic rings. The van der Waals surface area contributed by atoms with Crippen molar-refractivity contribution in [1.29, 1.82) is 0 Å². The lowest BCUT2D eigenvalue weighted by atomic mass is 9.48. The fraction of sp³-hybridized carbons (Fsp3) is 0.246. The number of hydrogen-bond acceptors (Lipinski definition) is 2. The van der Waals surface area contributed by atoms with E-state index in [-0.39, 0.29) is 5.41 Å². The molecule has 71 heavy (non-hydrogen) atoms.